The largest absolute Gasteiger partial charge is 0.492 e. The maximum absolute atomic E-state index is 13.9. The summed E-state index contributed by atoms with van der Waals surface area (Å²) in [6.07, 6.45) is 0.880. The molecule has 1 saturated heterocycles. The van der Waals surface area contributed by atoms with E-state index < -0.39 is 32.1 Å². The van der Waals surface area contributed by atoms with Crippen LogP contribution in [-0.4, -0.2) is 34.7 Å². The second kappa shape index (κ2) is 6.21. The zero-order chi connectivity index (χ0) is 18.5. The lowest BCUT2D eigenvalue weighted by atomic mass is 9.90. The van der Waals surface area contributed by atoms with Crippen molar-refractivity contribution in [3.05, 3.63) is 47.5 Å². The van der Waals surface area contributed by atoms with Gasteiger partial charge in [-0.1, -0.05) is 6.07 Å². The summed E-state index contributed by atoms with van der Waals surface area (Å²) in [5, 5.41) is 3.25. The molecule has 4 rings (SSSR count). The molecule has 2 aliphatic heterocycles. The Bertz CT molecular complexity index is 977. The lowest BCUT2D eigenvalue weighted by molar-refractivity contribution is 0.176. The lowest BCUT2D eigenvalue weighted by Crippen LogP contribution is -2.39. The summed E-state index contributed by atoms with van der Waals surface area (Å²) in [7, 11) is -3.04. The van der Waals surface area contributed by atoms with E-state index >= 15 is 0 Å². The van der Waals surface area contributed by atoms with Crippen LogP contribution in [0.4, 0.5) is 8.78 Å². The summed E-state index contributed by atoms with van der Waals surface area (Å²) in [6, 6.07) is 5.94. The normalized spacial score (nSPS) is 21.7. The monoisotopic (exact) mass is 381 g/mol. The van der Waals surface area contributed by atoms with Gasteiger partial charge in [-0.25, -0.2) is 17.2 Å². The van der Waals surface area contributed by atoms with Gasteiger partial charge in [-0.3, -0.25) is 0 Å². The summed E-state index contributed by atoms with van der Waals surface area (Å²) in [6.45, 7) is 1.58. The predicted molar refractivity (Wildman–Crippen MR) is 89.4 cm³/mol. The van der Waals surface area contributed by atoms with Crippen molar-refractivity contribution in [1.29, 1.82) is 0 Å². The lowest BCUT2D eigenvalue weighted by Gasteiger charge is -2.24. The van der Waals surface area contributed by atoms with Gasteiger partial charge in [-0.15, -0.1) is 0 Å². The van der Waals surface area contributed by atoms with E-state index in [-0.39, 0.29) is 16.9 Å². The highest BCUT2D eigenvalue weighted by Crippen LogP contribution is 2.43. The van der Waals surface area contributed by atoms with Crippen LogP contribution in [0, 0.1) is 11.6 Å². The van der Waals surface area contributed by atoms with E-state index in [9.17, 15) is 17.2 Å². The number of methoxy groups -OCH3 is 1. The SMILES string of the molecule is COc1c(F)cc(F)cc1S(=O)(=O)c1ccc2c(c1)OC1CNCCC21. The fraction of sp³-hybridized carbons (Fsp3) is 0.333. The molecule has 2 aliphatic rings. The van der Waals surface area contributed by atoms with Crippen LogP contribution in [-0.2, 0) is 9.84 Å². The number of benzene rings is 2. The van der Waals surface area contributed by atoms with E-state index in [0.717, 1.165) is 31.7 Å². The van der Waals surface area contributed by atoms with Crippen molar-refractivity contribution in [2.24, 2.45) is 0 Å². The number of halogens is 2. The third kappa shape index (κ3) is 2.64. The van der Waals surface area contributed by atoms with Crippen LogP contribution in [0.3, 0.4) is 0 Å². The summed E-state index contributed by atoms with van der Waals surface area (Å²) in [5.41, 5.74) is 0.966. The molecule has 0 aromatic heterocycles. The first-order valence-electron chi connectivity index (χ1n) is 8.21. The third-order valence-corrected chi connectivity index (χ3v) is 6.62. The first kappa shape index (κ1) is 17.2. The second-order valence-corrected chi connectivity index (χ2v) is 8.30. The number of hydrogen-bond acceptors (Lipinski definition) is 5. The second-order valence-electron chi connectivity index (χ2n) is 6.38. The molecule has 2 atom stereocenters. The van der Waals surface area contributed by atoms with Crippen LogP contribution in [0.1, 0.15) is 17.9 Å². The van der Waals surface area contributed by atoms with Gasteiger partial charge in [0.05, 0.1) is 12.0 Å². The van der Waals surface area contributed by atoms with Crippen molar-refractivity contribution in [3.63, 3.8) is 0 Å². The van der Waals surface area contributed by atoms with E-state index in [0.29, 0.717) is 18.4 Å². The van der Waals surface area contributed by atoms with Crippen molar-refractivity contribution in [2.45, 2.75) is 28.2 Å². The van der Waals surface area contributed by atoms with Gasteiger partial charge in [0.25, 0.3) is 0 Å². The Morgan fingerprint density at radius 1 is 1.23 bits per heavy atom. The number of piperidine rings is 1. The van der Waals surface area contributed by atoms with E-state index in [1.165, 1.54) is 12.1 Å². The van der Waals surface area contributed by atoms with Gasteiger partial charge in [0.1, 0.15) is 22.6 Å². The van der Waals surface area contributed by atoms with Crippen molar-refractivity contribution in [2.75, 3.05) is 20.2 Å². The molecular weight excluding hydrogens is 364 g/mol. The Morgan fingerprint density at radius 2 is 2.04 bits per heavy atom. The van der Waals surface area contributed by atoms with E-state index in [2.05, 4.69) is 5.32 Å². The highest BCUT2D eigenvalue weighted by molar-refractivity contribution is 7.91. The molecule has 2 heterocycles. The fourth-order valence-corrected chi connectivity index (χ4v) is 5.08. The standard InChI is InChI=1S/C18H17F2NO4S/c1-24-18-14(20)6-10(19)7-17(18)26(22,23)11-2-3-12-13-4-5-21-9-16(13)25-15(12)8-11/h2-3,6-8,13,16,21H,4-5,9H2,1H3. The van der Waals surface area contributed by atoms with Gasteiger partial charge >= 0.3 is 0 Å². The molecule has 0 amide bonds. The van der Waals surface area contributed by atoms with Crippen molar-refractivity contribution in [1.82, 2.24) is 5.32 Å². The number of nitrogens with one attached hydrogen (secondary N) is 1. The molecule has 2 unspecified atom stereocenters. The number of ether oxygens (including phenoxy) is 2. The quantitative estimate of drug-likeness (QED) is 0.886. The Hall–Kier alpha value is -2.19. The van der Waals surface area contributed by atoms with Crippen LogP contribution >= 0.6 is 0 Å². The molecule has 0 spiro atoms. The average Bonchev–Trinajstić information content (AvgIpc) is 2.99. The van der Waals surface area contributed by atoms with Gasteiger partial charge in [0.2, 0.25) is 9.84 Å². The van der Waals surface area contributed by atoms with Crippen LogP contribution < -0.4 is 14.8 Å². The molecule has 138 valence electrons. The van der Waals surface area contributed by atoms with E-state index in [1.807, 2.05) is 0 Å². The van der Waals surface area contributed by atoms with Crippen LogP contribution in [0.25, 0.3) is 0 Å². The van der Waals surface area contributed by atoms with Crippen LogP contribution in [0.15, 0.2) is 40.1 Å². The van der Waals surface area contributed by atoms with Crippen molar-refractivity contribution in [3.8, 4) is 11.5 Å². The molecule has 0 bridgehead atoms. The van der Waals surface area contributed by atoms with Gasteiger partial charge in [-0.2, -0.15) is 0 Å². The molecule has 2 aromatic carbocycles. The molecule has 0 radical (unpaired) electrons. The topological polar surface area (TPSA) is 64.6 Å². The number of rotatable bonds is 3. The van der Waals surface area contributed by atoms with Gasteiger partial charge in [0.15, 0.2) is 11.6 Å². The summed E-state index contributed by atoms with van der Waals surface area (Å²) in [4.78, 5) is -0.638. The first-order valence-corrected chi connectivity index (χ1v) is 9.69. The highest BCUT2D eigenvalue weighted by Gasteiger charge is 2.37. The smallest absolute Gasteiger partial charge is 0.210 e. The molecular formula is C18H17F2NO4S. The highest BCUT2D eigenvalue weighted by atomic mass is 32.2. The van der Waals surface area contributed by atoms with Crippen molar-refractivity contribution < 1.29 is 26.7 Å². The van der Waals surface area contributed by atoms with E-state index in [4.69, 9.17) is 9.47 Å². The number of sulfone groups is 1. The minimum Gasteiger partial charge on any atom is -0.492 e. The minimum absolute atomic E-state index is 0.0298. The summed E-state index contributed by atoms with van der Waals surface area (Å²) < 4.78 is 64.2. The Kier molecular flexibility index (Phi) is 4.11. The molecule has 26 heavy (non-hydrogen) atoms. The van der Waals surface area contributed by atoms with Crippen molar-refractivity contribution >= 4 is 9.84 Å². The van der Waals surface area contributed by atoms with Gasteiger partial charge < -0.3 is 14.8 Å². The molecule has 5 nitrogen and oxygen atoms in total. The number of hydrogen-bond donors (Lipinski definition) is 1. The maximum Gasteiger partial charge on any atom is 0.210 e. The summed E-state index contributed by atoms with van der Waals surface area (Å²) in [5.74, 6) is -1.84. The Morgan fingerprint density at radius 3 is 2.81 bits per heavy atom. The van der Waals surface area contributed by atoms with Gasteiger partial charge in [-0.05, 0) is 31.2 Å². The average molecular weight is 381 g/mol. The predicted octanol–water partition coefficient (Wildman–Crippen LogP) is 2.64. The van der Waals surface area contributed by atoms with Gasteiger partial charge in [0, 0.05) is 24.1 Å². The minimum atomic E-state index is -4.18. The fourth-order valence-electron chi connectivity index (χ4n) is 3.62. The molecule has 1 N–H and O–H groups in total. The zero-order valence-corrected chi connectivity index (χ0v) is 14.8. The van der Waals surface area contributed by atoms with E-state index in [1.54, 1.807) is 6.07 Å². The van der Waals surface area contributed by atoms with Crippen LogP contribution in [0.2, 0.25) is 0 Å². The Balaban J connectivity index is 1.79. The summed E-state index contributed by atoms with van der Waals surface area (Å²) >= 11 is 0. The molecule has 0 saturated carbocycles. The zero-order valence-electron chi connectivity index (χ0n) is 14.0. The van der Waals surface area contributed by atoms with Crippen LogP contribution in [0.5, 0.6) is 11.5 Å². The maximum atomic E-state index is 13.9. The third-order valence-electron chi connectivity index (χ3n) is 4.87. The first-order chi connectivity index (χ1) is 12.4. The molecule has 2 aromatic rings. The Labute approximate surface area is 149 Å². The molecule has 1 fully saturated rings. The molecule has 0 aliphatic carbocycles. The number of fused-ring (bicyclic) bond motifs is 3. The molecule has 8 heteroatoms.